The van der Waals surface area contributed by atoms with Crippen LogP contribution in [0.15, 0.2) is 30.5 Å². The first-order chi connectivity index (χ1) is 8.60. The largest absolute Gasteiger partial charge is 0.438 e. The Balaban J connectivity index is 2.28. The molecular formula is C14H13ClFNO. The van der Waals surface area contributed by atoms with Gasteiger partial charge in [0.05, 0.1) is 0 Å². The zero-order valence-electron chi connectivity index (χ0n) is 10.2. The molecule has 0 saturated carbocycles. The summed E-state index contributed by atoms with van der Waals surface area (Å²) in [6.07, 6.45) is 1.67. The quantitative estimate of drug-likeness (QED) is 0.769. The molecule has 2 rings (SSSR count). The summed E-state index contributed by atoms with van der Waals surface area (Å²) in [6, 6.07) is 6.32. The number of rotatable bonds is 3. The summed E-state index contributed by atoms with van der Waals surface area (Å²) >= 11 is 5.73. The number of nitrogens with zero attached hydrogens (tertiary/aromatic N) is 1. The van der Waals surface area contributed by atoms with E-state index >= 15 is 0 Å². The van der Waals surface area contributed by atoms with Crippen LogP contribution in [0.3, 0.4) is 0 Å². The van der Waals surface area contributed by atoms with Crippen LogP contribution in [0.4, 0.5) is 4.39 Å². The zero-order chi connectivity index (χ0) is 13.1. The molecule has 18 heavy (non-hydrogen) atoms. The Morgan fingerprint density at radius 3 is 2.61 bits per heavy atom. The summed E-state index contributed by atoms with van der Waals surface area (Å²) in [5, 5.41) is 0. The average Bonchev–Trinajstić information content (AvgIpc) is 2.34. The monoisotopic (exact) mass is 265 g/mol. The van der Waals surface area contributed by atoms with Gasteiger partial charge in [-0.15, -0.1) is 11.6 Å². The lowest BCUT2D eigenvalue weighted by atomic mass is 10.2. The number of ether oxygens (including phenoxy) is 1. The summed E-state index contributed by atoms with van der Waals surface area (Å²) in [6.45, 7) is 3.69. The van der Waals surface area contributed by atoms with Gasteiger partial charge in [-0.05, 0) is 49.2 Å². The number of aromatic nitrogens is 1. The van der Waals surface area contributed by atoms with Crippen molar-refractivity contribution in [3.8, 4) is 11.6 Å². The summed E-state index contributed by atoms with van der Waals surface area (Å²) in [5.41, 5.74) is 2.58. The maximum Gasteiger partial charge on any atom is 0.222 e. The van der Waals surface area contributed by atoms with Gasteiger partial charge in [-0.1, -0.05) is 0 Å². The SMILES string of the molecule is Cc1cc(F)ccc1Oc1ncc(CCl)cc1C. The Hall–Kier alpha value is -1.61. The minimum atomic E-state index is -0.276. The van der Waals surface area contributed by atoms with E-state index in [0.717, 1.165) is 16.7 Å². The number of halogens is 2. The van der Waals surface area contributed by atoms with E-state index in [1.807, 2.05) is 13.0 Å². The molecule has 0 N–H and O–H groups in total. The molecule has 94 valence electrons. The van der Waals surface area contributed by atoms with Crippen LogP contribution in [0.25, 0.3) is 0 Å². The van der Waals surface area contributed by atoms with Gasteiger partial charge in [-0.3, -0.25) is 0 Å². The number of hydrogen-bond donors (Lipinski definition) is 0. The van der Waals surface area contributed by atoms with Gasteiger partial charge in [0, 0.05) is 17.6 Å². The van der Waals surface area contributed by atoms with E-state index in [9.17, 15) is 4.39 Å². The fraction of sp³-hybridized carbons (Fsp3) is 0.214. The van der Waals surface area contributed by atoms with E-state index < -0.39 is 0 Å². The molecule has 0 fully saturated rings. The number of hydrogen-bond acceptors (Lipinski definition) is 2. The van der Waals surface area contributed by atoms with Crippen molar-refractivity contribution >= 4 is 11.6 Å². The van der Waals surface area contributed by atoms with Gasteiger partial charge in [-0.25, -0.2) is 9.37 Å². The Kier molecular flexibility index (Phi) is 3.82. The predicted octanol–water partition coefficient (Wildman–Crippen LogP) is 4.37. The van der Waals surface area contributed by atoms with Gasteiger partial charge in [0.1, 0.15) is 11.6 Å². The summed E-state index contributed by atoms with van der Waals surface area (Å²) in [4.78, 5) is 4.21. The topological polar surface area (TPSA) is 22.1 Å². The highest BCUT2D eigenvalue weighted by molar-refractivity contribution is 6.17. The van der Waals surface area contributed by atoms with Crippen LogP contribution in [0.5, 0.6) is 11.6 Å². The van der Waals surface area contributed by atoms with Gasteiger partial charge in [0.15, 0.2) is 0 Å². The molecule has 0 atom stereocenters. The molecule has 0 aliphatic rings. The van der Waals surface area contributed by atoms with E-state index in [4.69, 9.17) is 16.3 Å². The highest BCUT2D eigenvalue weighted by Gasteiger charge is 2.07. The van der Waals surface area contributed by atoms with Crippen LogP contribution in [-0.4, -0.2) is 4.98 Å². The number of benzene rings is 1. The molecule has 0 aliphatic carbocycles. The molecule has 0 bridgehead atoms. The van der Waals surface area contributed by atoms with Crippen LogP contribution in [-0.2, 0) is 5.88 Å². The van der Waals surface area contributed by atoms with E-state index in [0.29, 0.717) is 17.5 Å². The maximum absolute atomic E-state index is 13.0. The molecule has 1 aromatic carbocycles. The molecule has 0 amide bonds. The first-order valence-corrected chi connectivity index (χ1v) is 6.09. The predicted molar refractivity (Wildman–Crippen MR) is 69.7 cm³/mol. The number of pyridine rings is 1. The second kappa shape index (κ2) is 5.36. The molecule has 0 spiro atoms. The normalized spacial score (nSPS) is 10.4. The molecular weight excluding hydrogens is 253 g/mol. The Morgan fingerprint density at radius 2 is 2.00 bits per heavy atom. The molecule has 2 nitrogen and oxygen atoms in total. The van der Waals surface area contributed by atoms with Crippen LogP contribution in [0.2, 0.25) is 0 Å². The summed E-state index contributed by atoms with van der Waals surface area (Å²) in [5.74, 6) is 1.26. The molecule has 0 saturated heterocycles. The first-order valence-electron chi connectivity index (χ1n) is 5.55. The Bertz CT molecular complexity index is 572. The second-order valence-corrected chi connectivity index (χ2v) is 4.38. The van der Waals surface area contributed by atoms with Crippen molar-refractivity contribution in [3.05, 3.63) is 53.0 Å². The average molecular weight is 266 g/mol. The standard InChI is InChI=1S/C14H13ClFNO/c1-9-6-12(16)3-4-13(9)18-14-10(2)5-11(7-15)8-17-14/h3-6,8H,7H2,1-2H3. The molecule has 1 heterocycles. The van der Waals surface area contributed by atoms with Gasteiger partial charge in [0.2, 0.25) is 5.88 Å². The highest BCUT2D eigenvalue weighted by atomic mass is 35.5. The minimum absolute atomic E-state index is 0.276. The third-order valence-electron chi connectivity index (χ3n) is 2.58. The van der Waals surface area contributed by atoms with E-state index in [-0.39, 0.29) is 5.82 Å². The van der Waals surface area contributed by atoms with Gasteiger partial charge in [0.25, 0.3) is 0 Å². The van der Waals surface area contributed by atoms with Gasteiger partial charge in [-0.2, -0.15) is 0 Å². The lowest BCUT2D eigenvalue weighted by molar-refractivity contribution is 0.453. The van der Waals surface area contributed by atoms with Crippen molar-refractivity contribution < 1.29 is 9.13 Å². The second-order valence-electron chi connectivity index (χ2n) is 4.11. The summed E-state index contributed by atoms with van der Waals surface area (Å²) < 4.78 is 18.7. The van der Waals surface area contributed by atoms with Crippen molar-refractivity contribution in [2.75, 3.05) is 0 Å². The fourth-order valence-corrected chi connectivity index (χ4v) is 1.78. The highest BCUT2D eigenvalue weighted by Crippen LogP contribution is 2.26. The van der Waals surface area contributed by atoms with Crippen molar-refractivity contribution in [1.82, 2.24) is 4.98 Å². The number of alkyl halides is 1. The molecule has 0 unspecified atom stereocenters. The molecule has 0 radical (unpaired) electrons. The third kappa shape index (κ3) is 2.79. The van der Waals surface area contributed by atoms with E-state index in [2.05, 4.69) is 4.98 Å². The maximum atomic E-state index is 13.0. The van der Waals surface area contributed by atoms with Crippen LogP contribution >= 0.6 is 11.6 Å². The smallest absolute Gasteiger partial charge is 0.222 e. The lowest BCUT2D eigenvalue weighted by Gasteiger charge is -2.10. The van der Waals surface area contributed by atoms with Crippen LogP contribution in [0, 0.1) is 19.7 Å². The van der Waals surface area contributed by atoms with Crippen molar-refractivity contribution in [2.45, 2.75) is 19.7 Å². The van der Waals surface area contributed by atoms with Crippen molar-refractivity contribution in [3.63, 3.8) is 0 Å². The summed E-state index contributed by atoms with van der Waals surface area (Å²) in [7, 11) is 0. The van der Waals surface area contributed by atoms with E-state index in [1.54, 1.807) is 19.2 Å². The lowest BCUT2D eigenvalue weighted by Crippen LogP contribution is -1.95. The Morgan fingerprint density at radius 1 is 1.22 bits per heavy atom. The zero-order valence-corrected chi connectivity index (χ0v) is 11.0. The van der Waals surface area contributed by atoms with Crippen molar-refractivity contribution in [2.24, 2.45) is 0 Å². The first kappa shape index (κ1) is 12.8. The Labute approximate surface area is 110 Å². The molecule has 0 aliphatic heterocycles. The molecule has 2 aromatic rings. The fourth-order valence-electron chi connectivity index (χ4n) is 1.63. The van der Waals surface area contributed by atoms with Crippen molar-refractivity contribution in [1.29, 1.82) is 0 Å². The van der Waals surface area contributed by atoms with Gasteiger partial charge >= 0.3 is 0 Å². The van der Waals surface area contributed by atoms with Crippen LogP contribution < -0.4 is 4.74 Å². The van der Waals surface area contributed by atoms with Crippen LogP contribution in [0.1, 0.15) is 16.7 Å². The number of aryl methyl sites for hydroxylation is 2. The van der Waals surface area contributed by atoms with Gasteiger partial charge < -0.3 is 4.74 Å². The van der Waals surface area contributed by atoms with E-state index in [1.165, 1.54) is 12.1 Å². The minimum Gasteiger partial charge on any atom is -0.438 e. The molecule has 1 aromatic heterocycles. The third-order valence-corrected chi connectivity index (χ3v) is 2.89. The molecule has 4 heteroatoms.